The molecule has 0 saturated carbocycles. The summed E-state index contributed by atoms with van der Waals surface area (Å²) in [7, 11) is 0. The molecule has 0 aliphatic carbocycles. The molecule has 3 aromatic rings. The van der Waals surface area contributed by atoms with Crippen LogP contribution >= 0.6 is 0 Å². The van der Waals surface area contributed by atoms with Gasteiger partial charge in [-0.2, -0.15) is 10.3 Å². The molecule has 8 nitrogen and oxygen atoms in total. The number of hydrogen-bond donors (Lipinski definition) is 3. The zero-order valence-corrected chi connectivity index (χ0v) is 11.3. The molecule has 0 atom stereocenters. The van der Waals surface area contributed by atoms with Crippen molar-refractivity contribution in [2.75, 3.05) is 0 Å². The first-order valence-electron chi connectivity index (χ1n) is 6.35. The Balaban J connectivity index is 1.66. The summed E-state index contributed by atoms with van der Waals surface area (Å²) < 4.78 is 0. The van der Waals surface area contributed by atoms with Gasteiger partial charge in [-0.25, -0.2) is 0 Å². The van der Waals surface area contributed by atoms with Crippen molar-refractivity contribution in [3.63, 3.8) is 0 Å². The van der Waals surface area contributed by atoms with E-state index in [9.17, 15) is 4.79 Å². The Morgan fingerprint density at radius 3 is 2.71 bits per heavy atom. The lowest BCUT2D eigenvalue weighted by Crippen LogP contribution is -2.22. The van der Waals surface area contributed by atoms with E-state index >= 15 is 0 Å². The number of tetrazole rings is 1. The summed E-state index contributed by atoms with van der Waals surface area (Å²) >= 11 is 0. The van der Waals surface area contributed by atoms with E-state index in [1.807, 2.05) is 6.92 Å². The highest BCUT2D eigenvalue weighted by atomic mass is 16.1. The molecule has 0 unspecified atom stereocenters. The maximum atomic E-state index is 12.1. The van der Waals surface area contributed by atoms with Crippen molar-refractivity contribution in [3.8, 4) is 11.4 Å². The molecule has 21 heavy (non-hydrogen) atoms. The molecule has 0 bridgehead atoms. The van der Waals surface area contributed by atoms with E-state index in [-0.39, 0.29) is 5.91 Å². The van der Waals surface area contributed by atoms with Crippen molar-refractivity contribution in [2.45, 2.75) is 13.5 Å². The molecular formula is C13H13N7O. The number of aromatic amines is 2. The van der Waals surface area contributed by atoms with Gasteiger partial charge in [-0.3, -0.25) is 9.89 Å². The fraction of sp³-hybridized carbons (Fsp3) is 0.154. The fourth-order valence-electron chi connectivity index (χ4n) is 1.89. The Morgan fingerprint density at radius 1 is 1.29 bits per heavy atom. The standard InChI is InChI=1S/C13H13N7O/c1-8-11(7-15-16-8)6-14-13(21)10-4-2-9(3-5-10)12-17-19-20-18-12/h2-5,7H,6H2,1H3,(H,14,21)(H,15,16)(H,17,18,19,20). The van der Waals surface area contributed by atoms with Crippen LogP contribution in [0.4, 0.5) is 0 Å². The first-order chi connectivity index (χ1) is 10.2. The molecular weight excluding hydrogens is 270 g/mol. The van der Waals surface area contributed by atoms with E-state index in [0.29, 0.717) is 17.9 Å². The summed E-state index contributed by atoms with van der Waals surface area (Å²) in [5, 5.41) is 23.2. The summed E-state index contributed by atoms with van der Waals surface area (Å²) in [5.41, 5.74) is 3.28. The van der Waals surface area contributed by atoms with Crippen molar-refractivity contribution in [1.82, 2.24) is 36.1 Å². The quantitative estimate of drug-likeness (QED) is 0.656. The number of nitrogens with zero attached hydrogens (tertiary/aromatic N) is 4. The number of carbonyl (C=O) groups excluding carboxylic acids is 1. The molecule has 1 aromatic carbocycles. The van der Waals surface area contributed by atoms with Gasteiger partial charge in [0, 0.05) is 28.9 Å². The molecule has 0 aliphatic rings. The van der Waals surface area contributed by atoms with Crippen LogP contribution in [0.1, 0.15) is 21.6 Å². The summed E-state index contributed by atoms with van der Waals surface area (Å²) in [6, 6.07) is 7.01. The zero-order valence-electron chi connectivity index (χ0n) is 11.3. The summed E-state index contributed by atoms with van der Waals surface area (Å²) in [6.07, 6.45) is 1.70. The average Bonchev–Trinajstić information content (AvgIpc) is 3.17. The molecule has 0 aliphatic heterocycles. The zero-order chi connectivity index (χ0) is 14.7. The Hall–Kier alpha value is -3.03. The van der Waals surface area contributed by atoms with Gasteiger partial charge in [0.1, 0.15) is 0 Å². The highest BCUT2D eigenvalue weighted by molar-refractivity contribution is 5.94. The van der Waals surface area contributed by atoms with Crippen LogP contribution in [0.3, 0.4) is 0 Å². The van der Waals surface area contributed by atoms with Crippen molar-refractivity contribution in [2.24, 2.45) is 0 Å². The number of aromatic nitrogens is 6. The summed E-state index contributed by atoms with van der Waals surface area (Å²) in [5.74, 6) is 0.353. The largest absolute Gasteiger partial charge is 0.348 e. The van der Waals surface area contributed by atoms with Crippen molar-refractivity contribution >= 4 is 5.91 Å². The molecule has 2 aromatic heterocycles. The van der Waals surface area contributed by atoms with Crippen LogP contribution < -0.4 is 5.32 Å². The van der Waals surface area contributed by atoms with Gasteiger partial charge >= 0.3 is 0 Å². The molecule has 2 heterocycles. The lowest BCUT2D eigenvalue weighted by Gasteiger charge is -2.05. The normalized spacial score (nSPS) is 10.5. The first kappa shape index (κ1) is 13.0. The van der Waals surface area contributed by atoms with Crippen LogP contribution in [0.15, 0.2) is 30.5 Å². The minimum absolute atomic E-state index is 0.143. The van der Waals surface area contributed by atoms with Crippen LogP contribution in [0.5, 0.6) is 0 Å². The molecule has 106 valence electrons. The number of hydrogen-bond acceptors (Lipinski definition) is 5. The minimum Gasteiger partial charge on any atom is -0.348 e. The highest BCUT2D eigenvalue weighted by Crippen LogP contribution is 2.14. The maximum Gasteiger partial charge on any atom is 0.251 e. The Morgan fingerprint density at radius 2 is 2.10 bits per heavy atom. The third-order valence-electron chi connectivity index (χ3n) is 3.12. The Kier molecular flexibility index (Phi) is 3.42. The van der Waals surface area contributed by atoms with E-state index in [0.717, 1.165) is 16.8 Å². The van der Waals surface area contributed by atoms with Gasteiger partial charge in [0.05, 0.1) is 6.20 Å². The first-order valence-corrected chi connectivity index (χ1v) is 6.35. The van der Waals surface area contributed by atoms with Gasteiger partial charge in [-0.1, -0.05) is 12.1 Å². The molecule has 0 fully saturated rings. The van der Waals surface area contributed by atoms with E-state index < -0.39 is 0 Å². The minimum atomic E-state index is -0.143. The second-order valence-electron chi connectivity index (χ2n) is 4.52. The monoisotopic (exact) mass is 283 g/mol. The Labute approximate surface area is 120 Å². The predicted molar refractivity (Wildman–Crippen MR) is 74.1 cm³/mol. The van der Waals surface area contributed by atoms with Crippen LogP contribution in [0.2, 0.25) is 0 Å². The van der Waals surface area contributed by atoms with E-state index in [1.54, 1.807) is 30.5 Å². The van der Waals surface area contributed by atoms with Gasteiger partial charge in [-0.05, 0) is 24.3 Å². The average molecular weight is 283 g/mol. The fourth-order valence-corrected chi connectivity index (χ4v) is 1.89. The SMILES string of the molecule is Cc1[nH]ncc1CNC(=O)c1ccc(-c2nn[nH]n2)cc1. The molecule has 0 spiro atoms. The number of H-pyrrole nitrogens is 2. The molecule has 8 heteroatoms. The van der Waals surface area contributed by atoms with E-state index in [4.69, 9.17) is 0 Å². The van der Waals surface area contributed by atoms with Crippen LogP contribution in [0, 0.1) is 6.92 Å². The van der Waals surface area contributed by atoms with Crippen LogP contribution in [0.25, 0.3) is 11.4 Å². The number of aryl methyl sites for hydroxylation is 1. The van der Waals surface area contributed by atoms with Gasteiger partial charge in [0.2, 0.25) is 5.82 Å². The van der Waals surface area contributed by atoms with Gasteiger partial charge in [0.15, 0.2) is 0 Å². The van der Waals surface area contributed by atoms with Crippen LogP contribution in [-0.2, 0) is 6.54 Å². The number of carbonyl (C=O) groups is 1. The molecule has 3 N–H and O–H groups in total. The number of benzene rings is 1. The van der Waals surface area contributed by atoms with E-state index in [1.165, 1.54) is 0 Å². The third kappa shape index (κ3) is 2.78. The molecule has 1 amide bonds. The predicted octanol–water partition coefficient (Wildman–Crippen LogP) is 0.828. The molecule has 0 radical (unpaired) electrons. The topological polar surface area (TPSA) is 112 Å². The van der Waals surface area contributed by atoms with Gasteiger partial charge in [-0.15, -0.1) is 10.2 Å². The van der Waals surface area contributed by atoms with Crippen molar-refractivity contribution < 1.29 is 4.79 Å². The number of nitrogens with one attached hydrogen (secondary N) is 3. The van der Waals surface area contributed by atoms with Crippen LogP contribution in [-0.4, -0.2) is 36.7 Å². The lowest BCUT2D eigenvalue weighted by molar-refractivity contribution is 0.0951. The van der Waals surface area contributed by atoms with Gasteiger partial charge in [0.25, 0.3) is 5.91 Å². The Bertz CT molecular complexity index is 730. The second-order valence-corrected chi connectivity index (χ2v) is 4.52. The number of rotatable bonds is 4. The smallest absolute Gasteiger partial charge is 0.251 e. The maximum absolute atomic E-state index is 12.1. The summed E-state index contributed by atoms with van der Waals surface area (Å²) in [6.45, 7) is 2.35. The highest BCUT2D eigenvalue weighted by Gasteiger charge is 2.08. The van der Waals surface area contributed by atoms with Crippen molar-refractivity contribution in [1.29, 1.82) is 0 Å². The molecule has 0 saturated heterocycles. The number of amides is 1. The third-order valence-corrected chi connectivity index (χ3v) is 3.12. The van der Waals surface area contributed by atoms with Crippen molar-refractivity contribution in [3.05, 3.63) is 47.3 Å². The second kappa shape index (κ2) is 5.53. The van der Waals surface area contributed by atoms with E-state index in [2.05, 4.69) is 36.1 Å². The van der Waals surface area contributed by atoms with Gasteiger partial charge < -0.3 is 5.32 Å². The molecule has 3 rings (SSSR count). The summed E-state index contributed by atoms with van der Waals surface area (Å²) in [4.78, 5) is 12.1. The lowest BCUT2D eigenvalue weighted by atomic mass is 10.1.